The number of hydrogen-bond acceptors (Lipinski definition) is 15. The summed E-state index contributed by atoms with van der Waals surface area (Å²) in [5.74, 6) is -8.52. The number of primary amides is 1. The van der Waals surface area contributed by atoms with E-state index in [2.05, 4.69) is 52.8 Å². The summed E-state index contributed by atoms with van der Waals surface area (Å²) in [5, 5.41) is 35.0. The third kappa shape index (κ3) is 31.0. The zero-order valence-electron chi connectivity index (χ0n) is 50.1. The standard InChI is InChI=1S/C54H104N16O11/c1-12-33(10)43(52(80)65-36(19-14-16-22-56)48(76)70-44(34(11)71)53(81)68-41(27-32(8)9)51(79)66-38(45(58)73)24-29(2)3)69-47(75)37(20-17-23-61-54(59)60)63-46(74)35(18-13-15-21-55)64-50(78)40(26-31(6)7)67-49(77)39(25-30(4)5)62-42(72)28-57/h29-41,43-44,71H,12-28,55-57H2,1-11H3,(H2,58,73)(H,62,72)(H,63,74)(H,64,78)(H,65,80)(H,66,79)(H,67,77)(H,68,81)(H,69,75)(H,70,76)(H4,59,60,61)/t33-,34+,35+,36+,37-,38-,39-,40-,41-,43-,44-/m0/s1. The van der Waals surface area contributed by atoms with E-state index in [0.717, 1.165) is 0 Å². The smallest absolute Gasteiger partial charge is 0.245 e. The molecule has 0 aliphatic carbocycles. The predicted molar refractivity (Wildman–Crippen MR) is 310 cm³/mol. The molecule has 0 saturated heterocycles. The summed E-state index contributed by atoms with van der Waals surface area (Å²) in [6.45, 7) is 19.7. The van der Waals surface area contributed by atoms with Crippen molar-refractivity contribution < 1.29 is 53.1 Å². The second-order valence-corrected chi connectivity index (χ2v) is 22.7. The zero-order chi connectivity index (χ0) is 62.1. The number of nitrogens with one attached hydrogen (secondary N) is 9. The van der Waals surface area contributed by atoms with Gasteiger partial charge in [0.25, 0.3) is 0 Å². The number of rotatable bonds is 42. The Hall–Kier alpha value is -6.19. The number of aliphatic imine (C=N–C) groups is 1. The van der Waals surface area contributed by atoms with E-state index in [9.17, 15) is 53.1 Å². The van der Waals surface area contributed by atoms with E-state index < -0.39 is 125 Å². The minimum Gasteiger partial charge on any atom is -0.391 e. The molecule has 10 amide bonds. The van der Waals surface area contributed by atoms with E-state index in [4.69, 9.17) is 34.4 Å². The van der Waals surface area contributed by atoms with E-state index in [1.54, 1.807) is 13.8 Å². The summed E-state index contributed by atoms with van der Waals surface area (Å²) in [4.78, 5) is 141. The molecule has 11 atom stereocenters. The van der Waals surface area contributed by atoms with Crippen molar-refractivity contribution in [3.05, 3.63) is 0 Å². The van der Waals surface area contributed by atoms with Crippen molar-refractivity contribution in [2.24, 2.45) is 69.0 Å². The van der Waals surface area contributed by atoms with Crippen LogP contribution in [0.2, 0.25) is 0 Å². The lowest BCUT2D eigenvalue weighted by Gasteiger charge is -2.30. The molecule has 0 spiro atoms. The van der Waals surface area contributed by atoms with Crippen molar-refractivity contribution in [2.45, 2.75) is 220 Å². The summed E-state index contributed by atoms with van der Waals surface area (Å²) < 4.78 is 0. The molecule has 0 aromatic rings. The van der Waals surface area contributed by atoms with E-state index >= 15 is 0 Å². The number of aliphatic hydroxyl groups excluding tert-OH is 1. The van der Waals surface area contributed by atoms with Crippen molar-refractivity contribution in [1.29, 1.82) is 0 Å². The molecular weight excluding hydrogens is 1050 g/mol. The molecule has 81 heavy (non-hydrogen) atoms. The van der Waals surface area contributed by atoms with E-state index in [1.165, 1.54) is 6.92 Å². The molecule has 0 saturated carbocycles. The van der Waals surface area contributed by atoms with Crippen LogP contribution in [0.4, 0.5) is 0 Å². The normalized spacial score (nSPS) is 15.5. The average Bonchev–Trinajstić information content (AvgIpc) is 3.37. The molecular formula is C54H104N16O11. The van der Waals surface area contributed by atoms with Gasteiger partial charge in [-0.1, -0.05) is 75.7 Å². The van der Waals surface area contributed by atoms with Gasteiger partial charge in [-0.15, -0.1) is 0 Å². The molecule has 466 valence electrons. The van der Waals surface area contributed by atoms with Crippen LogP contribution in [-0.2, 0) is 47.9 Å². The number of unbranched alkanes of at least 4 members (excludes halogenated alkanes) is 2. The molecule has 0 radical (unpaired) electrons. The Morgan fingerprint density at radius 1 is 0.407 bits per heavy atom. The summed E-state index contributed by atoms with van der Waals surface area (Å²) >= 11 is 0. The van der Waals surface area contributed by atoms with Gasteiger partial charge in [-0.25, -0.2) is 0 Å². The fourth-order valence-electron chi connectivity index (χ4n) is 8.60. The maximum Gasteiger partial charge on any atom is 0.245 e. The van der Waals surface area contributed by atoms with Crippen LogP contribution < -0.4 is 82.3 Å². The van der Waals surface area contributed by atoms with Crippen molar-refractivity contribution in [2.75, 3.05) is 26.2 Å². The van der Waals surface area contributed by atoms with Gasteiger partial charge < -0.3 is 87.4 Å². The van der Waals surface area contributed by atoms with Gasteiger partial charge in [-0.05, 0) is 127 Å². The van der Waals surface area contributed by atoms with Gasteiger partial charge in [0.1, 0.15) is 54.4 Å². The third-order valence-electron chi connectivity index (χ3n) is 13.2. The second-order valence-electron chi connectivity index (χ2n) is 22.7. The monoisotopic (exact) mass is 1150 g/mol. The van der Waals surface area contributed by atoms with Crippen LogP contribution in [-0.4, -0.2) is 157 Å². The topological polar surface area (TPSA) is 468 Å². The van der Waals surface area contributed by atoms with Crippen molar-refractivity contribution in [3.8, 4) is 0 Å². The number of hydrogen-bond donors (Lipinski definition) is 16. The quantitative estimate of drug-likeness (QED) is 0.0174. The molecule has 27 nitrogen and oxygen atoms in total. The Kier molecular flexibility index (Phi) is 37.0. The van der Waals surface area contributed by atoms with Crippen LogP contribution in [0.5, 0.6) is 0 Å². The maximum absolute atomic E-state index is 14.5. The first-order chi connectivity index (χ1) is 37.9. The van der Waals surface area contributed by atoms with Crippen molar-refractivity contribution in [1.82, 2.24) is 47.9 Å². The first-order valence-corrected chi connectivity index (χ1v) is 28.8. The number of amides is 10. The Labute approximate surface area is 479 Å². The lowest BCUT2D eigenvalue weighted by atomic mass is 9.96. The van der Waals surface area contributed by atoms with E-state index in [0.29, 0.717) is 32.1 Å². The number of nitrogens with zero attached hydrogens (tertiary/aromatic N) is 1. The Morgan fingerprint density at radius 2 is 0.728 bits per heavy atom. The lowest BCUT2D eigenvalue weighted by molar-refractivity contribution is -0.137. The number of nitrogens with two attached hydrogens (primary N) is 6. The van der Waals surface area contributed by atoms with Gasteiger partial charge >= 0.3 is 0 Å². The molecule has 0 aromatic carbocycles. The first-order valence-electron chi connectivity index (χ1n) is 28.8. The molecule has 0 aliphatic rings. The fourth-order valence-corrected chi connectivity index (χ4v) is 8.60. The van der Waals surface area contributed by atoms with Crippen LogP contribution in [0, 0.1) is 29.6 Å². The largest absolute Gasteiger partial charge is 0.391 e. The summed E-state index contributed by atoms with van der Waals surface area (Å²) in [7, 11) is 0. The number of aliphatic hydroxyl groups is 1. The van der Waals surface area contributed by atoms with Gasteiger partial charge in [0.15, 0.2) is 5.96 Å². The van der Waals surface area contributed by atoms with Crippen molar-refractivity contribution >= 4 is 65.0 Å². The van der Waals surface area contributed by atoms with Crippen LogP contribution in [0.3, 0.4) is 0 Å². The van der Waals surface area contributed by atoms with E-state index in [-0.39, 0.29) is 107 Å². The highest BCUT2D eigenvalue weighted by Crippen LogP contribution is 2.15. The third-order valence-corrected chi connectivity index (χ3v) is 13.2. The van der Waals surface area contributed by atoms with Crippen LogP contribution >= 0.6 is 0 Å². The van der Waals surface area contributed by atoms with Crippen molar-refractivity contribution in [3.63, 3.8) is 0 Å². The van der Waals surface area contributed by atoms with Gasteiger partial charge in [0.05, 0.1) is 12.6 Å². The molecule has 0 bridgehead atoms. The SMILES string of the molecule is CC[C@H](C)[C@H](NC(=O)[C@H](CCCN=C(N)N)NC(=O)[C@@H](CCCCN)NC(=O)[C@H](CC(C)C)NC(=O)[C@H](CC(C)C)NC(=O)CN)C(=O)N[C@H](CCCCN)C(=O)N[C@H](C(=O)N[C@@H](CC(C)C)C(=O)N[C@@H](CC(C)C)C(N)=O)[C@@H](C)O. The van der Waals surface area contributed by atoms with Gasteiger partial charge in [-0.2, -0.15) is 0 Å². The van der Waals surface area contributed by atoms with Gasteiger partial charge in [0.2, 0.25) is 59.1 Å². The predicted octanol–water partition coefficient (Wildman–Crippen LogP) is -2.28. The molecule has 27 heteroatoms. The van der Waals surface area contributed by atoms with Crippen LogP contribution in [0.1, 0.15) is 160 Å². The zero-order valence-corrected chi connectivity index (χ0v) is 50.1. The number of carbonyl (C=O) groups excluding carboxylic acids is 10. The second kappa shape index (κ2) is 40.1. The van der Waals surface area contributed by atoms with Crippen LogP contribution in [0.25, 0.3) is 0 Å². The molecule has 0 rings (SSSR count). The van der Waals surface area contributed by atoms with E-state index in [1.807, 2.05) is 55.4 Å². The molecule has 0 unspecified atom stereocenters. The summed E-state index contributed by atoms with van der Waals surface area (Å²) in [6, 6.07) is -11.2. The molecule has 0 heterocycles. The Balaban J connectivity index is 7.03. The minimum absolute atomic E-state index is 0.00517. The maximum atomic E-state index is 14.5. The molecule has 0 aliphatic heterocycles. The molecule has 0 fully saturated rings. The highest BCUT2D eigenvalue weighted by molar-refractivity contribution is 5.98. The summed E-state index contributed by atoms with van der Waals surface area (Å²) in [5.41, 5.74) is 33.8. The average molecular weight is 1150 g/mol. The minimum atomic E-state index is -1.63. The number of carbonyl (C=O) groups is 10. The Morgan fingerprint density at radius 3 is 1.10 bits per heavy atom. The summed E-state index contributed by atoms with van der Waals surface area (Å²) in [6.07, 6.45) is 1.45. The van der Waals surface area contributed by atoms with Gasteiger partial charge in [-0.3, -0.25) is 52.9 Å². The van der Waals surface area contributed by atoms with Gasteiger partial charge in [0, 0.05) is 6.54 Å². The lowest BCUT2D eigenvalue weighted by Crippen LogP contribution is -2.62. The highest BCUT2D eigenvalue weighted by atomic mass is 16.3. The Bertz CT molecular complexity index is 2020. The molecule has 0 aromatic heterocycles. The fraction of sp³-hybridized carbons (Fsp3) is 0.796. The number of guanidine groups is 1. The first kappa shape index (κ1) is 74.8. The van der Waals surface area contributed by atoms with Crippen LogP contribution in [0.15, 0.2) is 4.99 Å². The highest BCUT2D eigenvalue weighted by Gasteiger charge is 2.37. The molecule has 22 N–H and O–H groups in total.